The number of nitrogens with zero attached hydrogens (tertiary/aromatic N) is 3. The first kappa shape index (κ1) is 17.5. The van der Waals surface area contributed by atoms with Gasteiger partial charge < -0.3 is 10.3 Å². The standard InChI is InChI=1S/C18H23N5OS/c1-6-23-13(5)17(12(4)22-23)20-15(24)9-25-18-19-14-8-10(2)7-11(3)16(14)21-18/h7-8H,6,9H2,1-5H3,(H,19,21)(H,20,24). The fraction of sp³-hybridized carbons (Fsp3) is 0.389. The summed E-state index contributed by atoms with van der Waals surface area (Å²) in [6, 6.07) is 4.19. The average Bonchev–Trinajstić information content (AvgIpc) is 3.08. The van der Waals surface area contributed by atoms with E-state index in [1.807, 2.05) is 32.4 Å². The number of aromatic nitrogens is 4. The third-order valence-electron chi connectivity index (χ3n) is 4.19. The molecule has 0 bridgehead atoms. The summed E-state index contributed by atoms with van der Waals surface area (Å²) in [4.78, 5) is 20.2. The highest BCUT2D eigenvalue weighted by molar-refractivity contribution is 7.99. The van der Waals surface area contributed by atoms with E-state index in [2.05, 4.69) is 39.4 Å². The van der Waals surface area contributed by atoms with Gasteiger partial charge in [0.25, 0.3) is 0 Å². The van der Waals surface area contributed by atoms with Gasteiger partial charge in [-0.05, 0) is 51.8 Å². The number of aryl methyl sites for hydroxylation is 4. The number of hydrogen-bond donors (Lipinski definition) is 2. The Balaban J connectivity index is 1.69. The fourth-order valence-corrected chi connectivity index (χ4v) is 3.69. The van der Waals surface area contributed by atoms with Crippen molar-refractivity contribution in [2.75, 3.05) is 11.1 Å². The molecule has 6 nitrogen and oxygen atoms in total. The summed E-state index contributed by atoms with van der Waals surface area (Å²) < 4.78 is 1.89. The highest BCUT2D eigenvalue weighted by Gasteiger charge is 2.14. The largest absolute Gasteiger partial charge is 0.333 e. The molecular formula is C18H23N5OS. The molecule has 0 saturated carbocycles. The lowest BCUT2D eigenvalue weighted by molar-refractivity contribution is -0.113. The van der Waals surface area contributed by atoms with E-state index >= 15 is 0 Å². The number of carbonyl (C=O) groups excluding carboxylic acids is 1. The number of hydrogen-bond acceptors (Lipinski definition) is 4. The van der Waals surface area contributed by atoms with E-state index in [-0.39, 0.29) is 5.91 Å². The summed E-state index contributed by atoms with van der Waals surface area (Å²) in [6.07, 6.45) is 0. The predicted octanol–water partition coefficient (Wildman–Crippen LogP) is 3.74. The maximum atomic E-state index is 12.3. The van der Waals surface area contributed by atoms with E-state index in [1.54, 1.807) is 0 Å². The SMILES string of the molecule is CCn1nc(C)c(NC(=O)CSc2nc3c(C)cc(C)cc3[nH]2)c1C. The third-order valence-corrected chi connectivity index (χ3v) is 5.06. The molecule has 2 N–H and O–H groups in total. The van der Waals surface area contributed by atoms with Crippen LogP contribution in [0.25, 0.3) is 11.0 Å². The summed E-state index contributed by atoms with van der Waals surface area (Å²) >= 11 is 1.41. The summed E-state index contributed by atoms with van der Waals surface area (Å²) in [7, 11) is 0. The molecule has 0 aliphatic heterocycles. The minimum absolute atomic E-state index is 0.0554. The van der Waals surface area contributed by atoms with Gasteiger partial charge in [0.1, 0.15) is 0 Å². The number of benzene rings is 1. The summed E-state index contributed by atoms with van der Waals surface area (Å²) in [5.41, 5.74) is 6.94. The lowest BCUT2D eigenvalue weighted by Gasteiger charge is -2.05. The van der Waals surface area contributed by atoms with Crippen LogP contribution in [-0.2, 0) is 11.3 Å². The highest BCUT2D eigenvalue weighted by Crippen LogP contribution is 2.24. The Morgan fingerprint density at radius 3 is 2.72 bits per heavy atom. The highest BCUT2D eigenvalue weighted by atomic mass is 32.2. The molecule has 7 heteroatoms. The Labute approximate surface area is 151 Å². The van der Waals surface area contributed by atoms with Crippen molar-refractivity contribution >= 4 is 34.4 Å². The summed E-state index contributed by atoms with van der Waals surface area (Å²) in [5.74, 6) is 0.244. The Morgan fingerprint density at radius 1 is 1.28 bits per heavy atom. The minimum Gasteiger partial charge on any atom is -0.333 e. The number of fused-ring (bicyclic) bond motifs is 1. The van der Waals surface area contributed by atoms with Crippen LogP contribution in [0.1, 0.15) is 29.4 Å². The lowest BCUT2D eigenvalue weighted by Crippen LogP contribution is -2.15. The van der Waals surface area contributed by atoms with Crippen LogP contribution in [0, 0.1) is 27.7 Å². The quantitative estimate of drug-likeness (QED) is 0.682. The lowest BCUT2D eigenvalue weighted by atomic mass is 10.1. The van der Waals surface area contributed by atoms with Gasteiger partial charge in [0.15, 0.2) is 5.16 Å². The van der Waals surface area contributed by atoms with Crippen molar-refractivity contribution in [3.05, 3.63) is 34.6 Å². The van der Waals surface area contributed by atoms with Crippen LogP contribution in [-0.4, -0.2) is 31.4 Å². The van der Waals surface area contributed by atoms with Crippen molar-refractivity contribution in [1.82, 2.24) is 19.7 Å². The molecule has 0 aliphatic carbocycles. The second-order valence-corrected chi connectivity index (χ2v) is 7.18. The molecule has 0 spiro atoms. The molecule has 25 heavy (non-hydrogen) atoms. The fourth-order valence-electron chi connectivity index (χ4n) is 3.01. The molecule has 3 rings (SSSR count). The van der Waals surface area contributed by atoms with Gasteiger partial charge in [0.05, 0.1) is 33.9 Å². The van der Waals surface area contributed by atoms with Crippen LogP contribution in [0.3, 0.4) is 0 Å². The minimum atomic E-state index is -0.0554. The van der Waals surface area contributed by atoms with Gasteiger partial charge in [0.2, 0.25) is 5.91 Å². The Kier molecular flexibility index (Phi) is 4.85. The van der Waals surface area contributed by atoms with Gasteiger partial charge in [-0.25, -0.2) is 4.98 Å². The molecule has 0 saturated heterocycles. The molecule has 3 aromatic rings. The zero-order chi connectivity index (χ0) is 18.1. The topological polar surface area (TPSA) is 75.6 Å². The monoisotopic (exact) mass is 357 g/mol. The molecule has 1 amide bonds. The number of imidazole rings is 1. The molecule has 132 valence electrons. The van der Waals surface area contributed by atoms with E-state index in [9.17, 15) is 4.79 Å². The van der Waals surface area contributed by atoms with Gasteiger partial charge in [-0.1, -0.05) is 17.8 Å². The number of H-pyrrole nitrogens is 1. The molecule has 0 fully saturated rings. The molecule has 1 aromatic carbocycles. The Hall–Kier alpha value is -2.28. The van der Waals surface area contributed by atoms with Gasteiger partial charge in [-0.2, -0.15) is 5.10 Å². The zero-order valence-electron chi connectivity index (χ0n) is 15.2. The van der Waals surface area contributed by atoms with E-state index in [1.165, 1.54) is 17.3 Å². The number of carbonyl (C=O) groups is 1. The first-order valence-corrected chi connectivity index (χ1v) is 9.31. The molecule has 2 heterocycles. The Bertz CT molecular complexity index is 941. The van der Waals surface area contributed by atoms with Crippen molar-refractivity contribution < 1.29 is 4.79 Å². The van der Waals surface area contributed by atoms with Crippen LogP contribution < -0.4 is 5.32 Å². The number of anilines is 1. The molecule has 0 unspecified atom stereocenters. The van der Waals surface area contributed by atoms with Crippen molar-refractivity contribution in [1.29, 1.82) is 0 Å². The van der Waals surface area contributed by atoms with Gasteiger partial charge in [-0.15, -0.1) is 0 Å². The predicted molar refractivity (Wildman–Crippen MR) is 102 cm³/mol. The number of thioether (sulfide) groups is 1. The van der Waals surface area contributed by atoms with E-state index in [0.717, 1.165) is 45.4 Å². The van der Waals surface area contributed by atoms with Crippen molar-refractivity contribution in [2.24, 2.45) is 0 Å². The van der Waals surface area contributed by atoms with E-state index in [0.29, 0.717) is 5.75 Å². The van der Waals surface area contributed by atoms with Gasteiger partial charge in [-0.3, -0.25) is 9.48 Å². The van der Waals surface area contributed by atoms with Crippen LogP contribution >= 0.6 is 11.8 Å². The third kappa shape index (κ3) is 3.56. The summed E-state index contributed by atoms with van der Waals surface area (Å²) in [5, 5.41) is 8.16. The van der Waals surface area contributed by atoms with Crippen molar-refractivity contribution in [2.45, 2.75) is 46.3 Å². The first-order chi connectivity index (χ1) is 11.9. The maximum Gasteiger partial charge on any atom is 0.234 e. The normalized spacial score (nSPS) is 11.2. The number of nitrogens with one attached hydrogen (secondary N) is 2. The van der Waals surface area contributed by atoms with Crippen LogP contribution in [0.15, 0.2) is 17.3 Å². The Morgan fingerprint density at radius 2 is 2.04 bits per heavy atom. The van der Waals surface area contributed by atoms with Crippen molar-refractivity contribution in [3.63, 3.8) is 0 Å². The zero-order valence-corrected chi connectivity index (χ0v) is 16.0. The van der Waals surface area contributed by atoms with E-state index < -0.39 is 0 Å². The second-order valence-electron chi connectivity index (χ2n) is 6.22. The van der Waals surface area contributed by atoms with Crippen LogP contribution in [0.4, 0.5) is 5.69 Å². The maximum absolute atomic E-state index is 12.3. The molecular weight excluding hydrogens is 334 g/mol. The molecule has 2 aromatic heterocycles. The number of amides is 1. The molecule has 0 aliphatic rings. The van der Waals surface area contributed by atoms with Gasteiger partial charge in [0, 0.05) is 6.54 Å². The molecule has 0 radical (unpaired) electrons. The smallest absolute Gasteiger partial charge is 0.234 e. The second kappa shape index (κ2) is 6.92. The van der Waals surface area contributed by atoms with Gasteiger partial charge >= 0.3 is 0 Å². The molecule has 0 atom stereocenters. The first-order valence-electron chi connectivity index (χ1n) is 8.32. The van der Waals surface area contributed by atoms with Crippen LogP contribution in [0.5, 0.6) is 0 Å². The van der Waals surface area contributed by atoms with E-state index in [4.69, 9.17) is 0 Å². The average molecular weight is 357 g/mol. The van der Waals surface area contributed by atoms with Crippen molar-refractivity contribution in [3.8, 4) is 0 Å². The van der Waals surface area contributed by atoms with Crippen LogP contribution in [0.2, 0.25) is 0 Å². The number of rotatable bonds is 5. The summed E-state index contributed by atoms with van der Waals surface area (Å²) in [6.45, 7) is 10.8. The number of aromatic amines is 1.